The van der Waals surface area contributed by atoms with E-state index in [1.54, 1.807) is 4.31 Å². The van der Waals surface area contributed by atoms with Crippen molar-refractivity contribution in [3.05, 3.63) is 46.0 Å². The molecule has 2 aliphatic heterocycles. The minimum Gasteiger partial charge on any atom is -0.368 e. The van der Waals surface area contributed by atoms with Crippen LogP contribution in [-0.4, -0.2) is 100 Å². The molecule has 0 radical (unpaired) electrons. The van der Waals surface area contributed by atoms with E-state index in [0.717, 1.165) is 60.3 Å². The summed E-state index contributed by atoms with van der Waals surface area (Å²) in [7, 11) is -3.21. The predicted octanol–water partition coefficient (Wildman–Crippen LogP) is 5.34. The van der Waals surface area contributed by atoms with Crippen molar-refractivity contribution in [3.63, 3.8) is 0 Å². The molecule has 50 heavy (non-hydrogen) atoms. The van der Waals surface area contributed by atoms with Crippen molar-refractivity contribution < 1.29 is 21.6 Å². The van der Waals surface area contributed by atoms with Crippen LogP contribution in [0, 0.1) is 18.3 Å². The molecular weight excluding hydrogens is 688 g/mol. The van der Waals surface area contributed by atoms with Gasteiger partial charge in [0.2, 0.25) is 16.0 Å². The normalized spacial score (nSPS) is 18.2. The summed E-state index contributed by atoms with van der Waals surface area (Å²) in [6.07, 6.45) is -3.04. The van der Waals surface area contributed by atoms with Crippen LogP contribution in [0.5, 0.6) is 0 Å². The van der Waals surface area contributed by atoms with Crippen LogP contribution < -0.4 is 11.1 Å². The number of piperidine rings is 1. The standard InChI is InChI=1S/C34H44F3N9O2S2/c1-4-15-50(47,48)45-13-11-44(12-14-45)22(2)20-46-26(19-38)16-28-23(3)24(5-6-30(28)46)21-43-9-7-25(8-10-43)40-31-29-17-27(18-34(35,36)37)49-32(29)42-33(39)41-31/h5-6,16-17,22,25H,4,7-15,18,20-21H2,1-3H3,(H3,39,40,41,42)/t22-/m0/s1. The lowest BCUT2D eigenvalue weighted by molar-refractivity contribution is -0.126. The van der Waals surface area contributed by atoms with Crippen molar-refractivity contribution in [2.75, 3.05) is 56.1 Å². The zero-order valence-corrected chi connectivity index (χ0v) is 30.3. The molecule has 4 aromatic rings. The number of nitrogen functional groups attached to an aromatic ring is 1. The highest BCUT2D eigenvalue weighted by Crippen LogP contribution is 2.34. The molecule has 3 N–H and O–H groups in total. The number of hydrogen-bond acceptors (Lipinski definition) is 10. The SMILES string of the molecule is CCCS(=O)(=O)N1CCN([C@@H](C)Cn2c(C#N)cc3c(C)c(CN4CCC(Nc5nc(N)nc6sc(CC(F)(F)F)cc56)CC4)ccc32)CC1. The van der Waals surface area contributed by atoms with Crippen molar-refractivity contribution >= 4 is 54.2 Å². The van der Waals surface area contributed by atoms with Gasteiger partial charge < -0.3 is 15.6 Å². The van der Waals surface area contributed by atoms with Crippen LogP contribution in [0.25, 0.3) is 21.1 Å². The summed E-state index contributed by atoms with van der Waals surface area (Å²) in [5.41, 5.74) is 9.87. The number of nitriles is 1. The Hall–Kier alpha value is -3.49. The van der Waals surface area contributed by atoms with Crippen LogP contribution in [0.2, 0.25) is 0 Å². The highest BCUT2D eigenvalue weighted by Gasteiger charge is 2.31. The summed E-state index contributed by atoms with van der Waals surface area (Å²) in [6, 6.07) is 10.3. The van der Waals surface area contributed by atoms with E-state index in [9.17, 15) is 26.9 Å². The average Bonchev–Trinajstić information content (AvgIpc) is 3.63. The first-order chi connectivity index (χ1) is 23.7. The molecule has 2 aliphatic rings. The van der Waals surface area contributed by atoms with E-state index in [1.807, 2.05) is 13.0 Å². The van der Waals surface area contributed by atoms with Gasteiger partial charge in [-0.3, -0.25) is 9.80 Å². The highest BCUT2D eigenvalue weighted by atomic mass is 32.2. The number of piperazine rings is 1. The second-order valence-corrected chi connectivity index (χ2v) is 16.7. The maximum atomic E-state index is 13.0. The van der Waals surface area contributed by atoms with E-state index in [2.05, 4.69) is 61.7 Å². The quantitative estimate of drug-likeness (QED) is 0.210. The Kier molecular flexibility index (Phi) is 10.6. The van der Waals surface area contributed by atoms with Gasteiger partial charge >= 0.3 is 6.18 Å². The van der Waals surface area contributed by atoms with Crippen LogP contribution >= 0.6 is 11.3 Å². The number of alkyl halides is 3. The Morgan fingerprint density at radius 1 is 1.10 bits per heavy atom. The van der Waals surface area contributed by atoms with Crippen LogP contribution in [0.3, 0.4) is 0 Å². The summed E-state index contributed by atoms with van der Waals surface area (Å²) in [4.78, 5) is 13.8. The minimum atomic E-state index is -4.30. The van der Waals surface area contributed by atoms with Gasteiger partial charge in [0.25, 0.3) is 0 Å². The van der Waals surface area contributed by atoms with Gasteiger partial charge in [-0.05, 0) is 62.4 Å². The molecule has 3 aromatic heterocycles. The molecule has 270 valence electrons. The van der Waals surface area contributed by atoms with Crippen molar-refractivity contribution in [3.8, 4) is 6.07 Å². The monoisotopic (exact) mass is 731 g/mol. The van der Waals surface area contributed by atoms with Crippen molar-refractivity contribution in [2.24, 2.45) is 0 Å². The molecular formula is C34H44F3N9O2S2. The Morgan fingerprint density at radius 3 is 2.48 bits per heavy atom. The molecule has 2 saturated heterocycles. The van der Waals surface area contributed by atoms with Crippen molar-refractivity contribution in [1.82, 2.24) is 28.6 Å². The lowest BCUT2D eigenvalue weighted by atomic mass is 10.0. The van der Waals surface area contributed by atoms with E-state index in [0.29, 0.717) is 60.9 Å². The topological polar surface area (TPSA) is 136 Å². The Labute approximate surface area is 294 Å². The number of benzene rings is 1. The van der Waals surface area contributed by atoms with Gasteiger partial charge in [0.1, 0.15) is 22.4 Å². The number of hydrogen-bond donors (Lipinski definition) is 2. The van der Waals surface area contributed by atoms with Gasteiger partial charge in [-0.1, -0.05) is 13.0 Å². The highest BCUT2D eigenvalue weighted by molar-refractivity contribution is 7.89. The van der Waals surface area contributed by atoms with Crippen LogP contribution in [0.1, 0.15) is 54.8 Å². The first-order valence-corrected chi connectivity index (χ1v) is 19.5. The second-order valence-electron chi connectivity index (χ2n) is 13.5. The van der Waals surface area contributed by atoms with Gasteiger partial charge in [-0.2, -0.15) is 27.7 Å². The van der Waals surface area contributed by atoms with Crippen molar-refractivity contribution in [1.29, 1.82) is 5.26 Å². The zero-order valence-electron chi connectivity index (χ0n) is 28.6. The van der Waals surface area contributed by atoms with Gasteiger partial charge in [-0.25, -0.2) is 13.4 Å². The molecule has 0 amide bonds. The van der Waals surface area contributed by atoms with E-state index in [4.69, 9.17) is 5.73 Å². The second kappa shape index (κ2) is 14.6. The number of aromatic nitrogens is 3. The Morgan fingerprint density at radius 2 is 1.82 bits per heavy atom. The summed E-state index contributed by atoms with van der Waals surface area (Å²) in [6.45, 7) is 11.5. The lowest BCUT2D eigenvalue weighted by Gasteiger charge is -2.37. The number of fused-ring (bicyclic) bond motifs is 2. The van der Waals surface area contributed by atoms with E-state index >= 15 is 0 Å². The Bertz CT molecular complexity index is 1990. The van der Waals surface area contributed by atoms with Crippen LogP contribution in [-0.2, 0) is 29.5 Å². The summed E-state index contributed by atoms with van der Waals surface area (Å²) < 4.78 is 67.8. The summed E-state index contributed by atoms with van der Waals surface area (Å²) >= 11 is 0.992. The number of nitrogens with two attached hydrogens (primary N) is 1. The number of rotatable bonds is 11. The molecule has 0 aliphatic carbocycles. The minimum absolute atomic E-state index is 0.0322. The predicted molar refractivity (Wildman–Crippen MR) is 192 cm³/mol. The molecule has 16 heteroatoms. The average molecular weight is 732 g/mol. The fourth-order valence-electron chi connectivity index (χ4n) is 7.22. The molecule has 0 bridgehead atoms. The molecule has 1 atom stereocenters. The largest absolute Gasteiger partial charge is 0.393 e. The molecule has 0 unspecified atom stereocenters. The molecule has 2 fully saturated rings. The smallest absolute Gasteiger partial charge is 0.368 e. The van der Waals surface area contributed by atoms with Crippen LogP contribution in [0.15, 0.2) is 24.3 Å². The van der Waals surface area contributed by atoms with Gasteiger partial charge in [0.15, 0.2) is 0 Å². The maximum Gasteiger partial charge on any atom is 0.393 e. The Balaban J connectivity index is 1.08. The molecule has 5 heterocycles. The number of halogens is 3. The van der Waals surface area contributed by atoms with E-state index in [-0.39, 0.29) is 28.7 Å². The number of thiophene rings is 1. The molecule has 11 nitrogen and oxygen atoms in total. The molecule has 6 rings (SSSR count). The maximum absolute atomic E-state index is 13.0. The van der Waals surface area contributed by atoms with E-state index < -0.39 is 22.6 Å². The number of nitrogens with zero attached hydrogens (tertiary/aromatic N) is 7. The van der Waals surface area contributed by atoms with Crippen LogP contribution in [0.4, 0.5) is 24.9 Å². The number of aryl methyl sites for hydroxylation is 1. The third-order valence-corrected chi connectivity index (χ3v) is 13.0. The summed E-state index contributed by atoms with van der Waals surface area (Å²) in [5.74, 6) is 0.690. The van der Waals surface area contributed by atoms with Gasteiger partial charge in [0.05, 0.1) is 17.6 Å². The van der Waals surface area contributed by atoms with Gasteiger partial charge in [0, 0.05) is 80.2 Å². The number of sulfonamides is 1. The molecule has 1 aromatic carbocycles. The van der Waals surface area contributed by atoms with E-state index in [1.165, 1.54) is 11.6 Å². The number of likely N-dealkylation sites (tertiary alicyclic amines) is 1. The fraction of sp³-hybridized carbons (Fsp3) is 0.559. The first kappa shape index (κ1) is 36.3. The number of nitrogens with one attached hydrogen (secondary N) is 1. The lowest BCUT2D eigenvalue weighted by Crippen LogP contribution is -2.52. The fourth-order valence-corrected chi connectivity index (χ4v) is 9.78. The summed E-state index contributed by atoms with van der Waals surface area (Å²) in [5, 5.41) is 15.1. The van der Waals surface area contributed by atoms with Crippen molar-refractivity contribution in [2.45, 2.75) is 77.8 Å². The van der Waals surface area contributed by atoms with Gasteiger partial charge in [-0.15, -0.1) is 11.3 Å². The first-order valence-electron chi connectivity index (χ1n) is 17.1. The number of anilines is 2. The molecule has 0 spiro atoms. The zero-order chi connectivity index (χ0) is 35.8. The third-order valence-electron chi connectivity index (χ3n) is 9.94. The molecule has 0 saturated carbocycles. The third kappa shape index (κ3) is 8.02.